The highest BCUT2D eigenvalue weighted by Crippen LogP contribution is 2.28. The lowest BCUT2D eigenvalue weighted by molar-refractivity contribution is 0.262. The van der Waals surface area contributed by atoms with Crippen LogP contribution in [-0.4, -0.2) is 26.3 Å². The Kier molecular flexibility index (Phi) is 4.26. The fourth-order valence-electron chi connectivity index (χ4n) is 2.14. The van der Waals surface area contributed by atoms with Gasteiger partial charge in [-0.05, 0) is 43.5 Å². The molecule has 1 saturated heterocycles. The molecule has 1 N–H and O–H groups in total. The Morgan fingerprint density at radius 3 is 2.88 bits per heavy atom. The van der Waals surface area contributed by atoms with E-state index in [0.717, 1.165) is 31.1 Å². The van der Waals surface area contributed by atoms with Crippen molar-refractivity contribution in [3.63, 3.8) is 0 Å². The van der Waals surface area contributed by atoms with Crippen LogP contribution in [0.1, 0.15) is 25.3 Å². The molecule has 94 valence electrons. The van der Waals surface area contributed by atoms with E-state index >= 15 is 0 Å². The van der Waals surface area contributed by atoms with Crippen molar-refractivity contribution in [3.05, 3.63) is 23.8 Å². The van der Waals surface area contributed by atoms with E-state index in [1.165, 1.54) is 18.4 Å². The summed E-state index contributed by atoms with van der Waals surface area (Å²) in [4.78, 5) is 0. The van der Waals surface area contributed by atoms with E-state index in [1.54, 1.807) is 7.11 Å². The summed E-state index contributed by atoms with van der Waals surface area (Å²) in [6.45, 7) is 3.97. The minimum Gasteiger partial charge on any atom is -0.493 e. The third-order valence-corrected chi connectivity index (χ3v) is 3.24. The molecule has 0 amide bonds. The minimum absolute atomic E-state index is 0.491. The van der Waals surface area contributed by atoms with Gasteiger partial charge in [0, 0.05) is 6.04 Å². The normalized spacial score (nSPS) is 19.3. The Morgan fingerprint density at radius 1 is 1.35 bits per heavy atom. The van der Waals surface area contributed by atoms with Crippen molar-refractivity contribution in [2.75, 3.05) is 20.3 Å². The molecule has 2 rings (SSSR count). The second kappa shape index (κ2) is 5.92. The number of hydrogen-bond acceptors (Lipinski definition) is 3. The molecule has 1 aromatic rings. The Labute approximate surface area is 103 Å². The van der Waals surface area contributed by atoms with Gasteiger partial charge in [-0.1, -0.05) is 13.0 Å². The van der Waals surface area contributed by atoms with E-state index in [1.807, 2.05) is 6.07 Å². The SMILES string of the molecule is CCc1ccc(OC[C@H]2CCCN2)c(OC)c1. The zero-order valence-corrected chi connectivity index (χ0v) is 10.7. The smallest absolute Gasteiger partial charge is 0.161 e. The van der Waals surface area contributed by atoms with Gasteiger partial charge in [0.25, 0.3) is 0 Å². The third kappa shape index (κ3) is 3.13. The van der Waals surface area contributed by atoms with Crippen LogP contribution in [0.2, 0.25) is 0 Å². The van der Waals surface area contributed by atoms with Crippen molar-refractivity contribution >= 4 is 0 Å². The molecule has 1 atom stereocenters. The first-order valence-electron chi connectivity index (χ1n) is 6.36. The van der Waals surface area contributed by atoms with Crippen LogP contribution in [0.15, 0.2) is 18.2 Å². The van der Waals surface area contributed by atoms with Gasteiger partial charge in [-0.15, -0.1) is 0 Å². The quantitative estimate of drug-likeness (QED) is 0.850. The van der Waals surface area contributed by atoms with E-state index in [9.17, 15) is 0 Å². The second-order valence-corrected chi connectivity index (χ2v) is 4.44. The molecule has 1 aromatic carbocycles. The zero-order valence-electron chi connectivity index (χ0n) is 10.7. The first-order valence-corrected chi connectivity index (χ1v) is 6.36. The number of ether oxygens (including phenoxy) is 2. The molecule has 1 heterocycles. The summed E-state index contributed by atoms with van der Waals surface area (Å²) in [5.74, 6) is 1.68. The number of rotatable bonds is 5. The highest BCUT2D eigenvalue weighted by Gasteiger charge is 2.15. The highest BCUT2D eigenvalue weighted by atomic mass is 16.5. The number of benzene rings is 1. The van der Waals surface area contributed by atoms with Gasteiger partial charge in [-0.3, -0.25) is 0 Å². The van der Waals surface area contributed by atoms with Gasteiger partial charge in [0.1, 0.15) is 6.61 Å². The van der Waals surface area contributed by atoms with Crippen molar-refractivity contribution in [1.29, 1.82) is 0 Å². The topological polar surface area (TPSA) is 30.5 Å². The lowest BCUT2D eigenvalue weighted by atomic mass is 10.1. The van der Waals surface area contributed by atoms with Gasteiger partial charge in [0.05, 0.1) is 7.11 Å². The van der Waals surface area contributed by atoms with Crippen molar-refractivity contribution < 1.29 is 9.47 Å². The molecule has 17 heavy (non-hydrogen) atoms. The van der Waals surface area contributed by atoms with Gasteiger partial charge in [-0.2, -0.15) is 0 Å². The largest absolute Gasteiger partial charge is 0.493 e. The van der Waals surface area contributed by atoms with Gasteiger partial charge >= 0.3 is 0 Å². The van der Waals surface area contributed by atoms with Crippen LogP contribution in [0.25, 0.3) is 0 Å². The minimum atomic E-state index is 0.491. The number of hydrogen-bond donors (Lipinski definition) is 1. The lowest BCUT2D eigenvalue weighted by Gasteiger charge is -2.15. The molecule has 3 nitrogen and oxygen atoms in total. The highest BCUT2D eigenvalue weighted by molar-refractivity contribution is 5.42. The molecular weight excluding hydrogens is 214 g/mol. The van der Waals surface area contributed by atoms with Gasteiger partial charge in [0.15, 0.2) is 11.5 Å². The summed E-state index contributed by atoms with van der Waals surface area (Å²) < 4.78 is 11.2. The standard InChI is InChI=1S/C14H21NO2/c1-3-11-6-7-13(14(9-11)16-2)17-10-12-5-4-8-15-12/h6-7,9,12,15H,3-5,8,10H2,1-2H3/t12-/m1/s1. The molecule has 1 aliphatic heterocycles. The monoisotopic (exact) mass is 235 g/mol. The summed E-state index contributed by atoms with van der Waals surface area (Å²) in [5.41, 5.74) is 1.27. The maximum absolute atomic E-state index is 5.82. The Hall–Kier alpha value is -1.22. The van der Waals surface area contributed by atoms with Gasteiger partial charge in [-0.25, -0.2) is 0 Å². The molecular formula is C14H21NO2. The first-order chi connectivity index (χ1) is 8.33. The molecule has 0 aliphatic carbocycles. The molecule has 1 fully saturated rings. The average Bonchev–Trinajstić information content (AvgIpc) is 2.89. The summed E-state index contributed by atoms with van der Waals surface area (Å²) in [5, 5.41) is 3.42. The van der Waals surface area contributed by atoms with E-state index in [0.29, 0.717) is 6.04 Å². The molecule has 0 radical (unpaired) electrons. The Bertz CT molecular complexity index is 359. The number of methoxy groups -OCH3 is 1. The van der Waals surface area contributed by atoms with Crippen molar-refractivity contribution in [3.8, 4) is 11.5 Å². The first kappa shape index (κ1) is 12.2. The molecule has 0 spiro atoms. The molecule has 0 aromatic heterocycles. The molecule has 0 bridgehead atoms. The van der Waals surface area contributed by atoms with E-state index in [2.05, 4.69) is 24.4 Å². The zero-order chi connectivity index (χ0) is 12.1. The van der Waals surface area contributed by atoms with Crippen LogP contribution in [0.4, 0.5) is 0 Å². The molecule has 0 unspecified atom stereocenters. The Morgan fingerprint density at radius 2 is 2.24 bits per heavy atom. The summed E-state index contributed by atoms with van der Waals surface area (Å²) >= 11 is 0. The van der Waals surface area contributed by atoms with Crippen LogP contribution < -0.4 is 14.8 Å². The van der Waals surface area contributed by atoms with Crippen molar-refractivity contribution in [2.45, 2.75) is 32.2 Å². The van der Waals surface area contributed by atoms with Gasteiger partial charge in [0.2, 0.25) is 0 Å². The van der Waals surface area contributed by atoms with Crippen LogP contribution in [0, 0.1) is 0 Å². The lowest BCUT2D eigenvalue weighted by Crippen LogP contribution is -2.28. The molecule has 0 saturated carbocycles. The van der Waals surface area contributed by atoms with Crippen LogP contribution >= 0.6 is 0 Å². The maximum atomic E-state index is 5.82. The maximum Gasteiger partial charge on any atom is 0.161 e. The van der Waals surface area contributed by atoms with Gasteiger partial charge < -0.3 is 14.8 Å². The molecule has 1 aliphatic rings. The Balaban J connectivity index is 1.98. The van der Waals surface area contributed by atoms with E-state index < -0.39 is 0 Å². The van der Waals surface area contributed by atoms with Crippen molar-refractivity contribution in [1.82, 2.24) is 5.32 Å². The fourth-order valence-corrected chi connectivity index (χ4v) is 2.14. The third-order valence-electron chi connectivity index (χ3n) is 3.24. The summed E-state index contributed by atoms with van der Waals surface area (Å²) in [6, 6.07) is 6.65. The summed E-state index contributed by atoms with van der Waals surface area (Å²) in [6.07, 6.45) is 3.47. The number of nitrogens with one attached hydrogen (secondary N) is 1. The fraction of sp³-hybridized carbons (Fsp3) is 0.571. The molecule has 3 heteroatoms. The summed E-state index contributed by atoms with van der Waals surface area (Å²) in [7, 11) is 1.69. The van der Waals surface area contributed by atoms with Crippen LogP contribution in [0.3, 0.4) is 0 Å². The van der Waals surface area contributed by atoms with E-state index in [-0.39, 0.29) is 0 Å². The van der Waals surface area contributed by atoms with E-state index in [4.69, 9.17) is 9.47 Å². The second-order valence-electron chi connectivity index (χ2n) is 4.44. The number of aryl methyl sites for hydroxylation is 1. The van der Waals surface area contributed by atoms with Crippen LogP contribution in [-0.2, 0) is 6.42 Å². The predicted octanol–water partition coefficient (Wildman–Crippen LogP) is 2.39. The average molecular weight is 235 g/mol. The van der Waals surface area contributed by atoms with Crippen LogP contribution in [0.5, 0.6) is 11.5 Å². The van der Waals surface area contributed by atoms with Crippen molar-refractivity contribution in [2.24, 2.45) is 0 Å². The predicted molar refractivity (Wildman–Crippen MR) is 68.9 cm³/mol.